The van der Waals surface area contributed by atoms with Gasteiger partial charge in [0.15, 0.2) is 0 Å². The molecule has 0 spiro atoms. The molecule has 2 unspecified atom stereocenters. The molecule has 0 bridgehead atoms. The summed E-state index contributed by atoms with van der Waals surface area (Å²) in [7, 11) is 0. The van der Waals surface area contributed by atoms with E-state index in [4.69, 9.17) is 0 Å². The molecule has 3 heteroatoms. The molecule has 0 aliphatic carbocycles. The smallest absolute Gasteiger partial charge is 0.126 e. The van der Waals surface area contributed by atoms with Crippen LogP contribution in [0.2, 0.25) is 0 Å². The number of aryl methyl sites for hydroxylation is 1. The number of halogens is 1. The zero-order valence-corrected chi connectivity index (χ0v) is 11.7. The van der Waals surface area contributed by atoms with Crippen LogP contribution < -0.4 is 5.32 Å². The monoisotopic (exact) mass is 262 g/mol. The van der Waals surface area contributed by atoms with E-state index in [9.17, 15) is 4.39 Å². The van der Waals surface area contributed by atoms with Crippen LogP contribution >= 0.6 is 0 Å². The SMILES string of the molecule is Cc1cc(CN2CCCC2C2CCCN2)ccc1F. The van der Waals surface area contributed by atoms with E-state index in [0.29, 0.717) is 12.1 Å². The number of likely N-dealkylation sites (tertiary alicyclic amines) is 1. The lowest BCUT2D eigenvalue weighted by molar-refractivity contribution is 0.206. The van der Waals surface area contributed by atoms with Crippen LogP contribution in [0.4, 0.5) is 4.39 Å². The third-order valence-corrected chi connectivity index (χ3v) is 4.59. The van der Waals surface area contributed by atoms with Crippen molar-refractivity contribution >= 4 is 0 Å². The molecule has 2 saturated heterocycles. The highest BCUT2D eigenvalue weighted by Gasteiger charge is 2.32. The summed E-state index contributed by atoms with van der Waals surface area (Å²) in [5.74, 6) is -0.0980. The number of rotatable bonds is 3. The van der Waals surface area contributed by atoms with Crippen molar-refractivity contribution in [1.82, 2.24) is 10.2 Å². The lowest BCUT2D eigenvalue weighted by Gasteiger charge is -2.29. The molecule has 0 radical (unpaired) electrons. The number of benzene rings is 1. The Morgan fingerprint density at radius 3 is 2.95 bits per heavy atom. The minimum Gasteiger partial charge on any atom is -0.312 e. The first-order chi connectivity index (χ1) is 9.24. The molecule has 1 aromatic rings. The maximum Gasteiger partial charge on any atom is 0.126 e. The van der Waals surface area contributed by atoms with Gasteiger partial charge >= 0.3 is 0 Å². The molecular formula is C16H23FN2. The minimum absolute atomic E-state index is 0.0980. The average Bonchev–Trinajstić information content (AvgIpc) is 3.04. The second-order valence-electron chi connectivity index (χ2n) is 5.97. The Labute approximate surface area is 115 Å². The van der Waals surface area contributed by atoms with E-state index in [0.717, 1.165) is 12.1 Å². The summed E-state index contributed by atoms with van der Waals surface area (Å²) in [6, 6.07) is 6.87. The fraction of sp³-hybridized carbons (Fsp3) is 0.625. The van der Waals surface area contributed by atoms with Gasteiger partial charge in [0.25, 0.3) is 0 Å². The van der Waals surface area contributed by atoms with Crippen molar-refractivity contribution in [3.63, 3.8) is 0 Å². The molecule has 2 aliphatic heterocycles. The van der Waals surface area contributed by atoms with Crippen LogP contribution in [0.3, 0.4) is 0 Å². The van der Waals surface area contributed by atoms with Gasteiger partial charge in [0.05, 0.1) is 0 Å². The molecule has 2 aliphatic rings. The van der Waals surface area contributed by atoms with E-state index in [-0.39, 0.29) is 5.82 Å². The molecule has 2 fully saturated rings. The first-order valence-corrected chi connectivity index (χ1v) is 7.46. The van der Waals surface area contributed by atoms with Gasteiger partial charge in [-0.2, -0.15) is 0 Å². The van der Waals surface area contributed by atoms with Crippen molar-refractivity contribution in [3.8, 4) is 0 Å². The summed E-state index contributed by atoms with van der Waals surface area (Å²) >= 11 is 0. The van der Waals surface area contributed by atoms with E-state index < -0.39 is 0 Å². The van der Waals surface area contributed by atoms with Crippen LogP contribution in [0.15, 0.2) is 18.2 Å². The maximum atomic E-state index is 13.3. The summed E-state index contributed by atoms with van der Waals surface area (Å²) in [6.45, 7) is 5.16. The highest BCUT2D eigenvalue weighted by molar-refractivity contribution is 5.24. The van der Waals surface area contributed by atoms with Crippen LogP contribution in [0, 0.1) is 12.7 Å². The topological polar surface area (TPSA) is 15.3 Å². The Hall–Kier alpha value is -0.930. The Bertz CT molecular complexity index is 440. The number of nitrogens with zero attached hydrogens (tertiary/aromatic N) is 1. The summed E-state index contributed by atoms with van der Waals surface area (Å²) in [5.41, 5.74) is 2.00. The number of hydrogen-bond donors (Lipinski definition) is 1. The van der Waals surface area contributed by atoms with Gasteiger partial charge in [0.1, 0.15) is 5.82 Å². The second kappa shape index (κ2) is 5.59. The quantitative estimate of drug-likeness (QED) is 0.901. The van der Waals surface area contributed by atoms with Crippen molar-refractivity contribution in [2.75, 3.05) is 13.1 Å². The van der Waals surface area contributed by atoms with Gasteiger partial charge < -0.3 is 5.32 Å². The molecule has 0 amide bonds. The van der Waals surface area contributed by atoms with Crippen molar-refractivity contribution in [3.05, 3.63) is 35.1 Å². The van der Waals surface area contributed by atoms with E-state index in [1.54, 1.807) is 6.07 Å². The Kier molecular flexibility index (Phi) is 3.85. The predicted molar refractivity (Wildman–Crippen MR) is 75.6 cm³/mol. The van der Waals surface area contributed by atoms with E-state index in [2.05, 4.69) is 10.2 Å². The van der Waals surface area contributed by atoms with Crippen molar-refractivity contribution in [2.45, 2.75) is 51.2 Å². The highest BCUT2D eigenvalue weighted by atomic mass is 19.1. The van der Waals surface area contributed by atoms with Gasteiger partial charge in [0, 0.05) is 18.6 Å². The van der Waals surface area contributed by atoms with Crippen LogP contribution in [0.5, 0.6) is 0 Å². The molecule has 2 atom stereocenters. The lowest BCUT2D eigenvalue weighted by atomic mass is 10.0. The zero-order valence-electron chi connectivity index (χ0n) is 11.7. The predicted octanol–water partition coefficient (Wildman–Crippen LogP) is 2.85. The van der Waals surface area contributed by atoms with E-state index in [1.165, 1.54) is 44.3 Å². The zero-order chi connectivity index (χ0) is 13.2. The molecule has 2 heterocycles. The van der Waals surface area contributed by atoms with Crippen molar-refractivity contribution in [2.24, 2.45) is 0 Å². The van der Waals surface area contributed by atoms with Gasteiger partial charge in [-0.25, -0.2) is 4.39 Å². The fourth-order valence-electron chi connectivity index (χ4n) is 3.58. The summed E-state index contributed by atoms with van der Waals surface area (Å²) in [4.78, 5) is 2.58. The molecule has 0 aromatic heterocycles. The summed E-state index contributed by atoms with van der Waals surface area (Å²) in [6.07, 6.45) is 5.22. The third-order valence-electron chi connectivity index (χ3n) is 4.59. The number of hydrogen-bond acceptors (Lipinski definition) is 2. The van der Waals surface area contributed by atoms with E-state index in [1.807, 2.05) is 19.1 Å². The second-order valence-corrected chi connectivity index (χ2v) is 5.97. The van der Waals surface area contributed by atoms with Crippen molar-refractivity contribution in [1.29, 1.82) is 0 Å². The minimum atomic E-state index is -0.0980. The summed E-state index contributed by atoms with van der Waals surface area (Å²) < 4.78 is 13.3. The molecule has 0 saturated carbocycles. The molecule has 1 N–H and O–H groups in total. The van der Waals surface area contributed by atoms with Gasteiger partial charge in [-0.1, -0.05) is 12.1 Å². The highest BCUT2D eigenvalue weighted by Crippen LogP contribution is 2.26. The summed E-state index contributed by atoms with van der Waals surface area (Å²) in [5, 5.41) is 3.63. The normalized spacial score (nSPS) is 28.1. The fourth-order valence-corrected chi connectivity index (χ4v) is 3.58. The lowest BCUT2D eigenvalue weighted by Crippen LogP contribution is -2.43. The first-order valence-electron chi connectivity index (χ1n) is 7.46. The largest absolute Gasteiger partial charge is 0.312 e. The standard InChI is InChI=1S/C16H23FN2/c1-12-10-13(6-7-14(12)17)11-19-9-3-5-16(19)15-4-2-8-18-15/h6-7,10,15-16,18H,2-5,8-9,11H2,1H3. The molecule has 2 nitrogen and oxygen atoms in total. The first kappa shape index (κ1) is 13.1. The molecule has 3 rings (SSSR count). The van der Waals surface area contributed by atoms with E-state index >= 15 is 0 Å². The van der Waals surface area contributed by atoms with Crippen molar-refractivity contribution < 1.29 is 4.39 Å². The van der Waals surface area contributed by atoms with Crippen LogP contribution in [0.1, 0.15) is 36.8 Å². The Balaban J connectivity index is 1.69. The molecule has 19 heavy (non-hydrogen) atoms. The Morgan fingerprint density at radius 1 is 1.32 bits per heavy atom. The van der Waals surface area contributed by atoms with Gasteiger partial charge in [-0.05, 0) is 62.9 Å². The van der Waals surface area contributed by atoms with Crippen LogP contribution in [-0.2, 0) is 6.54 Å². The third kappa shape index (κ3) is 2.82. The molecule has 104 valence electrons. The molecular weight excluding hydrogens is 239 g/mol. The van der Waals surface area contributed by atoms with Gasteiger partial charge in [0.2, 0.25) is 0 Å². The maximum absolute atomic E-state index is 13.3. The molecule has 1 aromatic carbocycles. The van der Waals surface area contributed by atoms with Gasteiger partial charge in [-0.3, -0.25) is 4.90 Å². The van der Waals surface area contributed by atoms with Gasteiger partial charge in [-0.15, -0.1) is 0 Å². The Morgan fingerprint density at radius 2 is 2.21 bits per heavy atom. The average molecular weight is 262 g/mol. The van der Waals surface area contributed by atoms with Crippen LogP contribution in [0.25, 0.3) is 0 Å². The number of nitrogens with one attached hydrogen (secondary N) is 1. The van der Waals surface area contributed by atoms with Crippen LogP contribution in [-0.4, -0.2) is 30.1 Å².